The first-order chi connectivity index (χ1) is 10.2. The first-order valence-electron chi connectivity index (χ1n) is 9.15. The summed E-state index contributed by atoms with van der Waals surface area (Å²) in [6.45, 7) is 5.62. The molecule has 0 spiro atoms. The van der Waals surface area contributed by atoms with Crippen molar-refractivity contribution < 1.29 is 9.90 Å². The molecule has 1 aliphatic carbocycles. The second-order valence-corrected chi connectivity index (χ2v) is 7.16. The second-order valence-electron chi connectivity index (χ2n) is 7.16. The summed E-state index contributed by atoms with van der Waals surface area (Å²) in [5.41, 5.74) is 0. The Kier molecular flexibility index (Phi) is 6.53. The molecule has 1 N–H and O–H groups in total. The minimum Gasteiger partial charge on any atom is -0.481 e. The minimum atomic E-state index is -0.559. The van der Waals surface area contributed by atoms with E-state index in [2.05, 4.69) is 18.7 Å². The predicted molar refractivity (Wildman–Crippen MR) is 86.4 cm³/mol. The lowest BCUT2D eigenvalue weighted by molar-refractivity contribution is -0.147. The number of carbonyl (C=O) groups is 1. The van der Waals surface area contributed by atoms with E-state index in [1.807, 2.05) is 0 Å². The standard InChI is InChI=1S/C18H33NO2/c1-3-7-14-10-11-16(18(20)21)17(13-14)19-12-6-5-9-15(19)8-4-2/h14-17H,3-13H2,1-2H3,(H,20,21). The first kappa shape index (κ1) is 16.8. The van der Waals surface area contributed by atoms with Gasteiger partial charge >= 0.3 is 5.97 Å². The summed E-state index contributed by atoms with van der Waals surface area (Å²) in [6, 6.07) is 0.931. The largest absolute Gasteiger partial charge is 0.481 e. The van der Waals surface area contributed by atoms with Gasteiger partial charge < -0.3 is 5.11 Å². The van der Waals surface area contributed by atoms with Crippen LogP contribution in [0.1, 0.15) is 78.1 Å². The van der Waals surface area contributed by atoms with E-state index in [4.69, 9.17) is 0 Å². The lowest BCUT2D eigenvalue weighted by Gasteiger charge is -2.47. The minimum absolute atomic E-state index is 0.129. The van der Waals surface area contributed by atoms with Crippen molar-refractivity contribution in [2.24, 2.45) is 11.8 Å². The highest BCUT2D eigenvalue weighted by molar-refractivity contribution is 5.71. The molecule has 0 aromatic heterocycles. The molecule has 3 nitrogen and oxygen atoms in total. The van der Waals surface area contributed by atoms with E-state index in [-0.39, 0.29) is 5.92 Å². The summed E-state index contributed by atoms with van der Waals surface area (Å²) in [7, 11) is 0. The third kappa shape index (κ3) is 4.21. The number of nitrogens with zero attached hydrogens (tertiary/aromatic N) is 1. The van der Waals surface area contributed by atoms with E-state index in [0.29, 0.717) is 12.1 Å². The fourth-order valence-electron chi connectivity index (χ4n) is 4.66. The summed E-state index contributed by atoms with van der Waals surface area (Å²) < 4.78 is 0. The van der Waals surface area contributed by atoms with Crippen molar-refractivity contribution in [2.45, 2.75) is 90.1 Å². The Morgan fingerprint density at radius 3 is 2.52 bits per heavy atom. The molecule has 0 bridgehead atoms. The van der Waals surface area contributed by atoms with Gasteiger partial charge in [0.15, 0.2) is 0 Å². The lowest BCUT2D eigenvalue weighted by atomic mass is 9.74. The molecule has 0 aromatic carbocycles. The summed E-state index contributed by atoms with van der Waals surface area (Å²) in [5.74, 6) is 0.0612. The highest BCUT2D eigenvalue weighted by Gasteiger charge is 2.40. The number of piperidine rings is 1. The molecule has 122 valence electrons. The van der Waals surface area contributed by atoms with Gasteiger partial charge in [0.1, 0.15) is 0 Å². The number of hydrogen-bond donors (Lipinski definition) is 1. The van der Waals surface area contributed by atoms with E-state index in [9.17, 15) is 9.90 Å². The van der Waals surface area contributed by atoms with Gasteiger partial charge in [-0.15, -0.1) is 0 Å². The van der Waals surface area contributed by atoms with Crippen LogP contribution in [0.5, 0.6) is 0 Å². The summed E-state index contributed by atoms with van der Waals surface area (Å²) in [4.78, 5) is 14.3. The Balaban J connectivity index is 2.10. The summed E-state index contributed by atoms with van der Waals surface area (Å²) in [6.07, 6.45) is 11.9. The Morgan fingerprint density at radius 2 is 1.86 bits per heavy atom. The normalized spacial score (nSPS) is 34.8. The summed E-state index contributed by atoms with van der Waals surface area (Å²) in [5, 5.41) is 9.64. The van der Waals surface area contributed by atoms with Crippen molar-refractivity contribution in [3.8, 4) is 0 Å². The lowest BCUT2D eigenvalue weighted by Crippen LogP contribution is -2.53. The third-order valence-electron chi connectivity index (χ3n) is 5.66. The van der Waals surface area contributed by atoms with Crippen LogP contribution in [-0.2, 0) is 4.79 Å². The van der Waals surface area contributed by atoms with Gasteiger partial charge in [-0.05, 0) is 51.0 Å². The van der Waals surface area contributed by atoms with Gasteiger partial charge in [-0.25, -0.2) is 0 Å². The zero-order chi connectivity index (χ0) is 15.2. The van der Waals surface area contributed by atoms with Crippen LogP contribution in [0.15, 0.2) is 0 Å². The van der Waals surface area contributed by atoms with Crippen molar-refractivity contribution in [3.05, 3.63) is 0 Å². The van der Waals surface area contributed by atoms with Crippen LogP contribution >= 0.6 is 0 Å². The highest BCUT2D eigenvalue weighted by Crippen LogP contribution is 2.38. The van der Waals surface area contributed by atoms with Crippen LogP contribution in [0.3, 0.4) is 0 Å². The monoisotopic (exact) mass is 295 g/mol. The number of rotatable bonds is 6. The van der Waals surface area contributed by atoms with Crippen LogP contribution in [0.2, 0.25) is 0 Å². The van der Waals surface area contributed by atoms with Gasteiger partial charge in [-0.1, -0.05) is 39.5 Å². The van der Waals surface area contributed by atoms with Gasteiger partial charge in [0, 0.05) is 12.1 Å². The molecule has 4 atom stereocenters. The molecule has 0 radical (unpaired) electrons. The molecule has 0 amide bonds. The zero-order valence-corrected chi connectivity index (χ0v) is 13.9. The van der Waals surface area contributed by atoms with Gasteiger partial charge in [0.2, 0.25) is 0 Å². The average molecular weight is 295 g/mol. The van der Waals surface area contributed by atoms with E-state index >= 15 is 0 Å². The highest BCUT2D eigenvalue weighted by atomic mass is 16.4. The summed E-state index contributed by atoms with van der Waals surface area (Å²) >= 11 is 0. The molecule has 2 aliphatic rings. The Morgan fingerprint density at radius 1 is 1.10 bits per heavy atom. The molecule has 0 aromatic rings. The van der Waals surface area contributed by atoms with Crippen molar-refractivity contribution in [1.29, 1.82) is 0 Å². The number of carboxylic acids is 1. The maximum absolute atomic E-state index is 11.7. The number of aliphatic carboxylic acids is 1. The van der Waals surface area contributed by atoms with Crippen LogP contribution in [0.25, 0.3) is 0 Å². The van der Waals surface area contributed by atoms with E-state index in [1.54, 1.807) is 0 Å². The zero-order valence-electron chi connectivity index (χ0n) is 13.9. The van der Waals surface area contributed by atoms with Crippen LogP contribution in [0, 0.1) is 11.8 Å². The van der Waals surface area contributed by atoms with Gasteiger partial charge in [0.25, 0.3) is 0 Å². The fraction of sp³-hybridized carbons (Fsp3) is 0.944. The van der Waals surface area contributed by atoms with Crippen LogP contribution < -0.4 is 0 Å². The van der Waals surface area contributed by atoms with Gasteiger partial charge in [0.05, 0.1) is 5.92 Å². The maximum atomic E-state index is 11.7. The fourth-order valence-corrected chi connectivity index (χ4v) is 4.66. The number of likely N-dealkylation sites (tertiary alicyclic amines) is 1. The van der Waals surface area contributed by atoms with Crippen LogP contribution in [-0.4, -0.2) is 34.6 Å². The van der Waals surface area contributed by atoms with Crippen molar-refractivity contribution in [2.75, 3.05) is 6.54 Å². The quantitative estimate of drug-likeness (QED) is 0.793. The Bertz CT molecular complexity index is 329. The molecule has 2 rings (SSSR count). The molecular formula is C18H33NO2. The Labute approximate surface area is 130 Å². The SMILES string of the molecule is CCCC1CCC(C(=O)O)C(N2CCCCC2CCC)C1. The molecule has 1 aliphatic heterocycles. The predicted octanol–water partition coefficient (Wildman–Crippen LogP) is 4.31. The third-order valence-corrected chi connectivity index (χ3v) is 5.66. The molecule has 4 unspecified atom stereocenters. The first-order valence-corrected chi connectivity index (χ1v) is 9.15. The maximum Gasteiger partial charge on any atom is 0.308 e. The van der Waals surface area contributed by atoms with Gasteiger partial charge in [-0.2, -0.15) is 0 Å². The van der Waals surface area contributed by atoms with E-state index < -0.39 is 5.97 Å². The molecule has 1 saturated heterocycles. The molecule has 2 fully saturated rings. The van der Waals surface area contributed by atoms with Crippen molar-refractivity contribution in [3.63, 3.8) is 0 Å². The van der Waals surface area contributed by atoms with E-state index in [0.717, 1.165) is 31.7 Å². The smallest absolute Gasteiger partial charge is 0.308 e. The van der Waals surface area contributed by atoms with Crippen molar-refractivity contribution >= 4 is 5.97 Å². The second kappa shape index (κ2) is 8.17. The number of carboxylic acid groups (broad SMARTS) is 1. The molecule has 1 saturated carbocycles. The van der Waals surface area contributed by atoms with Crippen molar-refractivity contribution in [1.82, 2.24) is 4.90 Å². The van der Waals surface area contributed by atoms with E-state index in [1.165, 1.54) is 44.9 Å². The molecule has 1 heterocycles. The average Bonchev–Trinajstić information content (AvgIpc) is 2.48. The number of hydrogen-bond acceptors (Lipinski definition) is 2. The molecule has 21 heavy (non-hydrogen) atoms. The topological polar surface area (TPSA) is 40.5 Å². The van der Waals surface area contributed by atoms with Gasteiger partial charge in [-0.3, -0.25) is 9.69 Å². The Hall–Kier alpha value is -0.570. The molecule has 3 heteroatoms. The van der Waals surface area contributed by atoms with Crippen LogP contribution in [0.4, 0.5) is 0 Å². The molecular weight excluding hydrogens is 262 g/mol.